The van der Waals surface area contributed by atoms with E-state index in [1.54, 1.807) is 12.5 Å². The Morgan fingerprint density at radius 1 is 0.935 bits per heavy atom. The molecule has 0 atom stereocenters. The summed E-state index contributed by atoms with van der Waals surface area (Å²) in [6.07, 6.45) is 7.78. The minimum atomic E-state index is 0.110. The Morgan fingerprint density at radius 3 is 2.42 bits per heavy atom. The maximum absolute atomic E-state index is 13.1. The number of nitrogens with zero attached hydrogens (tertiary/aromatic N) is 6. The Labute approximate surface area is 182 Å². The molecule has 2 aromatic heterocycles. The molecule has 1 aromatic carbocycles. The zero-order valence-corrected chi connectivity index (χ0v) is 18.1. The highest BCUT2D eigenvalue weighted by molar-refractivity contribution is 5.98. The van der Waals surface area contributed by atoms with E-state index in [1.807, 2.05) is 54.2 Å². The molecule has 0 radical (unpaired) electrons. The molecule has 3 heterocycles. The van der Waals surface area contributed by atoms with E-state index in [4.69, 9.17) is 0 Å². The molecular weight excluding hydrogens is 388 g/mol. The van der Waals surface area contributed by atoms with Crippen LogP contribution >= 0.6 is 0 Å². The minimum Gasteiger partial charge on any atom is -0.363 e. The third kappa shape index (κ3) is 4.04. The van der Waals surface area contributed by atoms with E-state index in [0.29, 0.717) is 12.1 Å². The maximum Gasteiger partial charge on any atom is 0.253 e. The van der Waals surface area contributed by atoms with Crippen molar-refractivity contribution in [2.75, 3.05) is 37.0 Å². The highest BCUT2D eigenvalue weighted by atomic mass is 16.2. The van der Waals surface area contributed by atoms with Crippen molar-refractivity contribution >= 4 is 28.4 Å². The van der Waals surface area contributed by atoms with Gasteiger partial charge in [-0.1, -0.05) is 6.07 Å². The van der Waals surface area contributed by atoms with Gasteiger partial charge in [-0.15, -0.1) is 0 Å². The summed E-state index contributed by atoms with van der Waals surface area (Å²) in [4.78, 5) is 32.9. The van der Waals surface area contributed by atoms with Crippen molar-refractivity contribution in [3.63, 3.8) is 0 Å². The van der Waals surface area contributed by atoms with Gasteiger partial charge in [-0.05, 0) is 49.9 Å². The van der Waals surface area contributed by atoms with Gasteiger partial charge >= 0.3 is 0 Å². The zero-order valence-electron chi connectivity index (χ0n) is 18.1. The van der Waals surface area contributed by atoms with Crippen molar-refractivity contribution in [2.45, 2.75) is 37.8 Å². The first kappa shape index (κ1) is 19.7. The molecular formula is C24H28N6O. The minimum absolute atomic E-state index is 0.110. The zero-order chi connectivity index (χ0) is 21.4. The number of rotatable bonds is 5. The van der Waals surface area contributed by atoms with Crippen LogP contribution in [0.3, 0.4) is 0 Å². The fraction of sp³-hybridized carbons (Fsp3) is 0.417. The monoisotopic (exact) mass is 416 g/mol. The fourth-order valence-electron chi connectivity index (χ4n) is 4.49. The Morgan fingerprint density at radius 2 is 1.68 bits per heavy atom. The van der Waals surface area contributed by atoms with Gasteiger partial charge in [0, 0.05) is 62.5 Å². The van der Waals surface area contributed by atoms with Crippen molar-refractivity contribution < 1.29 is 4.79 Å². The second kappa shape index (κ2) is 8.13. The van der Waals surface area contributed by atoms with E-state index in [9.17, 15) is 4.79 Å². The molecule has 0 unspecified atom stereocenters. The van der Waals surface area contributed by atoms with E-state index in [2.05, 4.69) is 25.9 Å². The molecule has 1 amide bonds. The number of aromatic nitrogens is 3. The van der Waals surface area contributed by atoms with Crippen LogP contribution in [0.25, 0.3) is 10.9 Å². The van der Waals surface area contributed by atoms with Gasteiger partial charge in [-0.3, -0.25) is 9.78 Å². The molecule has 1 saturated carbocycles. The first-order valence-electron chi connectivity index (χ1n) is 11.0. The first-order valence-corrected chi connectivity index (χ1v) is 11.0. The number of hydrogen-bond acceptors (Lipinski definition) is 6. The fourth-order valence-corrected chi connectivity index (χ4v) is 4.49. The highest BCUT2D eigenvalue weighted by Crippen LogP contribution is 2.36. The second-order valence-corrected chi connectivity index (χ2v) is 8.70. The molecule has 1 aliphatic carbocycles. The molecule has 0 N–H and O–H groups in total. The molecule has 7 nitrogen and oxygen atoms in total. The molecule has 2 fully saturated rings. The van der Waals surface area contributed by atoms with Gasteiger partial charge in [0.2, 0.25) is 0 Å². The lowest BCUT2D eigenvalue weighted by atomic mass is 10.0. The van der Waals surface area contributed by atoms with E-state index in [0.717, 1.165) is 54.0 Å². The number of benzene rings is 1. The SMILES string of the molecule is CN(C)c1cc(N(C2CC2)C2CCN(C(=O)c3ccc4ncccc4c3)CC2)ncn1. The number of piperidine rings is 1. The Hall–Kier alpha value is -3.22. The standard InChI is InChI=1S/C24H28N6O/c1-28(2)22-15-23(27-16-26-22)30(19-6-7-19)20-9-12-29(13-10-20)24(31)18-5-8-21-17(14-18)4-3-11-25-21/h3-5,8,11,14-16,19-20H,6-7,9-10,12-13H2,1-2H3. The Balaban J connectivity index is 1.29. The third-order valence-electron chi connectivity index (χ3n) is 6.30. The molecule has 3 aromatic rings. The average molecular weight is 417 g/mol. The number of anilines is 2. The summed E-state index contributed by atoms with van der Waals surface area (Å²) in [5.41, 5.74) is 1.66. The number of fused-ring (bicyclic) bond motifs is 1. The molecule has 7 heteroatoms. The van der Waals surface area contributed by atoms with Crippen LogP contribution in [0.2, 0.25) is 0 Å². The number of amides is 1. The van der Waals surface area contributed by atoms with Crippen LogP contribution in [0, 0.1) is 0 Å². The molecule has 0 spiro atoms. The van der Waals surface area contributed by atoms with Gasteiger partial charge in [-0.2, -0.15) is 0 Å². The predicted octanol–water partition coefficient (Wildman–Crippen LogP) is 3.36. The summed E-state index contributed by atoms with van der Waals surface area (Å²) in [5, 5.41) is 1.00. The van der Waals surface area contributed by atoms with Crippen LogP contribution in [0.15, 0.2) is 48.9 Å². The van der Waals surface area contributed by atoms with Gasteiger partial charge in [0.15, 0.2) is 0 Å². The number of hydrogen-bond donors (Lipinski definition) is 0. The van der Waals surface area contributed by atoms with Crippen molar-refractivity contribution in [2.24, 2.45) is 0 Å². The number of carbonyl (C=O) groups is 1. The summed E-state index contributed by atoms with van der Waals surface area (Å²) in [6, 6.07) is 12.7. The van der Waals surface area contributed by atoms with Crippen LogP contribution in [-0.4, -0.2) is 65.0 Å². The molecule has 0 bridgehead atoms. The molecule has 31 heavy (non-hydrogen) atoms. The van der Waals surface area contributed by atoms with E-state index in [-0.39, 0.29) is 5.91 Å². The lowest BCUT2D eigenvalue weighted by Gasteiger charge is -2.39. The van der Waals surface area contributed by atoms with Gasteiger partial charge in [0.1, 0.15) is 18.0 Å². The van der Waals surface area contributed by atoms with Crippen LogP contribution in [0.1, 0.15) is 36.0 Å². The third-order valence-corrected chi connectivity index (χ3v) is 6.30. The van der Waals surface area contributed by atoms with Gasteiger partial charge in [0.25, 0.3) is 5.91 Å². The van der Waals surface area contributed by atoms with Gasteiger partial charge < -0.3 is 14.7 Å². The lowest BCUT2D eigenvalue weighted by molar-refractivity contribution is 0.0712. The maximum atomic E-state index is 13.1. The molecule has 1 aliphatic heterocycles. The molecule has 160 valence electrons. The Kier molecular flexibility index (Phi) is 5.18. The highest BCUT2D eigenvalue weighted by Gasteiger charge is 2.37. The van der Waals surface area contributed by atoms with E-state index >= 15 is 0 Å². The Bertz CT molecular complexity index is 1090. The predicted molar refractivity (Wildman–Crippen MR) is 123 cm³/mol. The summed E-state index contributed by atoms with van der Waals surface area (Å²) >= 11 is 0. The van der Waals surface area contributed by atoms with E-state index in [1.165, 1.54) is 12.8 Å². The van der Waals surface area contributed by atoms with Crippen molar-refractivity contribution in [1.82, 2.24) is 19.9 Å². The first-order chi connectivity index (χ1) is 15.1. The summed E-state index contributed by atoms with van der Waals surface area (Å²) < 4.78 is 0. The molecule has 1 saturated heterocycles. The molecule has 2 aliphatic rings. The summed E-state index contributed by atoms with van der Waals surface area (Å²) in [6.45, 7) is 1.53. The summed E-state index contributed by atoms with van der Waals surface area (Å²) in [5.74, 6) is 2.04. The largest absolute Gasteiger partial charge is 0.363 e. The van der Waals surface area contributed by atoms with Gasteiger partial charge in [-0.25, -0.2) is 9.97 Å². The lowest BCUT2D eigenvalue weighted by Crippen LogP contribution is -2.48. The number of carbonyl (C=O) groups excluding carboxylic acids is 1. The summed E-state index contributed by atoms with van der Waals surface area (Å²) in [7, 11) is 4.00. The van der Waals surface area contributed by atoms with Crippen molar-refractivity contribution in [3.05, 3.63) is 54.5 Å². The number of pyridine rings is 1. The number of likely N-dealkylation sites (tertiary alicyclic amines) is 1. The normalized spacial score (nSPS) is 17.0. The van der Waals surface area contributed by atoms with Crippen molar-refractivity contribution in [3.8, 4) is 0 Å². The van der Waals surface area contributed by atoms with Crippen LogP contribution in [-0.2, 0) is 0 Å². The van der Waals surface area contributed by atoms with Gasteiger partial charge in [0.05, 0.1) is 5.52 Å². The van der Waals surface area contributed by atoms with Crippen LogP contribution in [0.4, 0.5) is 11.6 Å². The van der Waals surface area contributed by atoms with Crippen LogP contribution < -0.4 is 9.80 Å². The quantitative estimate of drug-likeness (QED) is 0.635. The topological polar surface area (TPSA) is 65.5 Å². The smallest absolute Gasteiger partial charge is 0.253 e. The average Bonchev–Trinajstić information content (AvgIpc) is 3.64. The van der Waals surface area contributed by atoms with E-state index < -0.39 is 0 Å². The van der Waals surface area contributed by atoms with Crippen LogP contribution in [0.5, 0.6) is 0 Å². The van der Waals surface area contributed by atoms with Crippen molar-refractivity contribution in [1.29, 1.82) is 0 Å². The molecule has 5 rings (SSSR count). The second-order valence-electron chi connectivity index (χ2n) is 8.70.